The van der Waals surface area contributed by atoms with Crippen molar-refractivity contribution in [3.8, 4) is 0 Å². The van der Waals surface area contributed by atoms with Gasteiger partial charge in [-0.3, -0.25) is 0 Å². The van der Waals surface area contributed by atoms with Crippen molar-refractivity contribution in [2.45, 2.75) is 85.1 Å². The van der Waals surface area contributed by atoms with Crippen molar-refractivity contribution >= 4 is 12.4 Å². The van der Waals surface area contributed by atoms with Crippen molar-refractivity contribution in [1.29, 1.82) is 0 Å². The quantitative estimate of drug-likeness (QED) is 0.367. The average Bonchev–Trinajstić information content (AvgIpc) is 2.78. The highest BCUT2D eigenvalue weighted by molar-refractivity contribution is 5.66. The Morgan fingerprint density at radius 1 is 0.897 bits per heavy atom. The summed E-state index contributed by atoms with van der Waals surface area (Å²) in [6, 6.07) is 6.85. The maximum atomic E-state index is 8.00. The van der Waals surface area contributed by atoms with Crippen LogP contribution in [0.3, 0.4) is 0 Å². The van der Waals surface area contributed by atoms with Crippen LogP contribution in [-0.4, -0.2) is 37.8 Å². The summed E-state index contributed by atoms with van der Waals surface area (Å²) >= 11 is 0. The van der Waals surface area contributed by atoms with Crippen LogP contribution in [-0.2, 0) is 11.3 Å². The molecule has 0 aliphatic carbocycles. The Morgan fingerprint density at radius 2 is 1.45 bits per heavy atom. The summed E-state index contributed by atoms with van der Waals surface area (Å²) < 4.78 is 0. The minimum Gasteiger partial charge on any atom is -0.400 e. The molecule has 3 N–H and O–H groups in total. The maximum absolute atomic E-state index is 8.00. The second-order valence-corrected chi connectivity index (χ2v) is 6.80. The van der Waals surface area contributed by atoms with E-state index in [4.69, 9.17) is 15.0 Å². The number of aliphatic hydroxyl groups is 2. The molecule has 0 bridgehead atoms. The number of unbranched alkanes of at least 4 members (excludes halogenated alkanes) is 6. The summed E-state index contributed by atoms with van der Waals surface area (Å²) in [5.41, 5.74) is 5.42. The highest BCUT2D eigenvalue weighted by Gasteiger charge is 2.04. The summed E-state index contributed by atoms with van der Waals surface area (Å²) in [6.07, 6.45) is 11.7. The summed E-state index contributed by atoms with van der Waals surface area (Å²) in [4.78, 5) is 8.00. The van der Waals surface area contributed by atoms with E-state index >= 15 is 0 Å². The lowest BCUT2D eigenvalue weighted by Crippen LogP contribution is -2.14. The molecule has 0 spiro atoms. The zero-order chi connectivity index (χ0) is 22.9. The third-order valence-electron chi connectivity index (χ3n) is 4.54. The molecule has 0 unspecified atom stereocenters. The molecule has 1 aromatic carbocycles. The normalized spacial score (nSPS) is 9.21. The molecule has 0 saturated carbocycles. The van der Waals surface area contributed by atoms with Crippen molar-refractivity contribution in [3.05, 3.63) is 41.5 Å². The first kappa shape index (κ1) is 32.2. The topological polar surface area (TPSA) is 69.6 Å². The second kappa shape index (κ2) is 26.5. The van der Waals surface area contributed by atoms with Crippen LogP contribution in [0.25, 0.3) is 5.57 Å². The summed E-state index contributed by atoms with van der Waals surface area (Å²) in [7, 11) is 2.00. The van der Waals surface area contributed by atoms with Gasteiger partial charge in [-0.1, -0.05) is 77.2 Å². The van der Waals surface area contributed by atoms with E-state index in [0.29, 0.717) is 0 Å². The molecule has 0 aliphatic heterocycles. The van der Waals surface area contributed by atoms with Gasteiger partial charge in [-0.2, -0.15) is 0 Å². The lowest BCUT2D eigenvalue weighted by atomic mass is 9.95. The predicted molar refractivity (Wildman–Crippen MR) is 128 cm³/mol. The standard InChI is InChI=1S/C22H37N.2CH4O.CH2O/c1-5-7-9-10-11-12-13-19(3)22-15-14-21(17-20(22)4)18-23-16-8-6-2;3*1-2/h14-15,17,23H,3,5-13,16,18H2,1-2,4H3;2*2H,1H3;1H2. The first-order valence-electron chi connectivity index (χ1n) is 10.9. The van der Waals surface area contributed by atoms with Gasteiger partial charge >= 0.3 is 0 Å². The predicted octanol–water partition coefficient (Wildman–Crippen LogP) is 5.68. The molecule has 1 aromatic rings. The van der Waals surface area contributed by atoms with E-state index < -0.39 is 0 Å². The smallest absolute Gasteiger partial charge is 0.106 e. The molecule has 0 aromatic heterocycles. The number of hydrogen-bond donors (Lipinski definition) is 3. The Hall–Kier alpha value is -1.49. The number of nitrogens with one attached hydrogen (secondary N) is 1. The Labute approximate surface area is 180 Å². The van der Waals surface area contributed by atoms with Crippen molar-refractivity contribution in [3.63, 3.8) is 0 Å². The highest BCUT2D eigenvalue weighted by atomic mass is 16.2. The molecule has 0 saturated heterocycles. The first-order chi connectivity index (χ1) is 14.2. The van der Waals surface area contributed by atoms with E-state index in [2.05, 4.69) is 50.9 Å². The van der Waals surface area contributed by atoms with Crippen molar-refractivity contribution in [1.82, 2.24) is 5.32 Å². The first-order valence-corrected chi connectivity index (χ1v) is 10.9. The SMILES string of the molecule is C=C(CCCCCCCC)c1ccc(CNCCCC)cc1C.C=O.CO.CO. The lowest BCUT2D eigenvalue weighted by Gasteiger charge is -2.12. The molecule has 0 heterocycles. The van der Waals surface area contributed by atoms with Crippen molar-refractivity contribution in [2.24, 2.45) is 0 Å². The molecule has 0 fully saturated rings. The van der Waals surface area contributed by atoms with Gasteiger partial charge in [-0.05, 0) is 55.0 Å². The molecule has 0 aliphatic rings. The fraction of sp³-hybridized carbons (Fsp3) is 0.640. The van der Waals surface area contributed by atoms with E-state index in [9.17, 15) is 0 Å². The number of aryl methyl sites for hydroxylation is 1. The number of allylic oxidation sites excluding steroid dienone is 1. The fourth-order valence-corrected chi connectivity index (χ4v) is 3.02. The van der Waals surface area contributed by atoms with E-state index in [0.717, 1.165) is 33.7 Å². The summed E-state index contributed by atoms with van der Waals surface area (Å²) in [5.74, 6) is 0. The van der Waals surface area contributed by atoms with Gasteiger partial charge in [0, 0.05) is 20.8 Å². The van der Waals surface area contributed by atoms with Gasteiger partial charge in [0.1, 0.15) is 6.79 Å². The minimum absolute atomic E-state index is 0.977. The highest BCUT2D eigenvalue weighted by Crippen LogP contribution is 2.24. The van der Waals surface area contributed by atoms with E-state index in [-0.39, 0.29) is 0 Å². The Balaban J connectivity index is -0.00000103. The van der Waals surface area contributed by atoms with Gasteiger partial charge < -0.3 is 20.3 Å². The number of carbonyl (C=O) groups excluding carboxylic acids is 1. The second-order valence-electron chi connectivity index (χ2n) is 6.80. The molecule has 0 radical (unpaired) electrons. The maximum Gasteiger partial charge on any atom is 0.106 e. The fourth-order valence-electron chi connectivity index (χ4n) is 3.02. The van der Waals surface area contributed by atoms with Gasteiger partial charge in [-0.25, -0.2) is 0 Å². The van der Waals surface area contributed by atoms with Crippen LogP contribution < -0.4 is 5.32 Å². The number of rotatable bonds is 13. The van der Waals surface area contributed by atoms with Crippen molar-refractivity contribution < 1.29 is 15.0 Å². The van der Waals surface area contributed by atoms with Gasteiger partial charge in [0.15, 0.2) is 0 Å². The molecule has 4 heteroatoms. The average molecular weight is 410 g/mol. The summed E-state index contributed by atoms with van der Waals surface area (Å²) in [5, 5.41) is 17.5. The van der Waals surface area contributed by atoms with Crippen LogP contribution in [0.1, 0.15) is 88.3 Å². The number of carbonyl (C=O) groups is 1. The van der Waals surface area contributed by atoms with Crippen LogP contribution >= 0.6 is 0 Å². The Bertz CT molecular complexity index is 475. The largest absolute Gasteiger partial charge is 0.400 e. The molecular weight excluding hydrogens is 362 g/mol. The molecule has 1 rings (SSSR count). The van der Waals surface area contributed by atoms with Gasteiger partial charge in [-0.15, -0.1) is 0 Å². The lowest BCUT2D eigenvalue weighted by molar-refractivity contribution is -0.0979. The van der Waals surface area contributed by atoms with E-state index in [1.807, 2.05) is 6.79 Å². The van der Waals surface area contributed by atoms with Gasteiger partial charge in [0.05, 0.1) is 0 Å². The van der Waals surface area contributed by atoms with Gasteiger partial charge in [0.25, 0.3) is 0 Å². The number of benzene rings is 1. The third kappa shape index (κ3) is 18.3. The molecule has 4 nitrogen and oxygen atoms in total. The monoisotopic (exact) mass is 409 g/mol. The van der Waals surface area contributed by atoms with Crippen LogP contribution in [0.5, 0.6) is 0 Å². The number of aliphatic hydroxyl groups excluding tert-OH is 2. The summed E-state index contributed by atoms with van der Waals surface area (Å²) in [6.45, 7) is 15.1. The Kier molecular flexibility index (Phi) is 29.4. The molecule has 0 atom stereocenters. The molecule has 170 valence electrons. The zero-order valence-corrected chi connectivity index (χ0v) is 19.7. The Morgan fingerprint density at radius 3 is 2.00 bits per heavy atom. The number of hydrogen-bond acceptors (Lipinski definition) is 4. The molecule has 0 amide bonds. The van der Waals surface area contributed by atoms with E-state index in [1.165, 1.54) is 73.6 Å². The van der Waals surface area contributed by atoms with E-state index in [1.54, 1.807) is 0 Å². The van der Waals surface area contributed by atoms with Crippen molar-refractivity contribution in [2.75, 3.05) is 20.8 Å². The van der Waals surface area contributed by atoms with Crippen LogP contribution in [0.2, 0.25) is 0 Å². The molecular formula is C25H47NO3. The van der Waals surface area contributed by atoms with Gasteiger partial charge in [0.2, 0.25) is 0 Å². The third-order valence-corrected chi connectivity index (χ3v) is 4.54. The minimum atomic E-state index is 0.977. The van der Waals surface area contributed by atoms with Crippen LogP contribution in [0, 0.1) is 6.92 Å². The molecule has 29 heavy (non-hydrogen) atoms. The van der Waals surface area contributed by atoms with Crippen LogP contribution in [0.15, 0.2) is 24.8 Å². The zero-order valence-electron chi connectivity index (χ0n) is 19.7. The van der Waals surface area contributed by atoms with Crippen LogP contribution in [0.4, 0.5) is 0 Å².